The standard InChI is InChI=1S/C18H14ClF2N3O/c1-2-14-17(16(24-23-14)10-6-8-11(19)9-7-10)22-18(25)15-12(20)4-3-5-13(15)21/h3-9H,2H2,1H3,(H,22,25)(H,23,24). The molecule has 1 heterocycles. The topological polar surface area (TPSA) is 57.8 Å². The highest BCUT2D eigenvalue weighted by Gasteiger charge is 2.21. The minimum atomic E-state index is -0.924. The van der Waals surface area contributed by atoms with Crippen LogP contribution in [0.5, 0.6) is 0 Å². The van der Waals surface area contributed by atoms with E-state index in [9.17, 15) is 13.6 Å². The van der Waals surface area contributed by atoms with E-state index < -0.39 is 23.1 Å². The van der Waals surface area contributed by atoms with Crippen LogP contribution in [0.15, 0.2) is 42.5 Å². The lowest BCUT2D eigenvalue weighted by Gasteiger charge is -2.09. The summed E-state index contributed by atoms with van der Waals surface area (Å²) in [5.41, 5.74) is 1.59. The average molecular weight is 362 g/mol. The van der Waals surface area contributed by atoms with Crippen LogP contribution in [0.4, 0.5) is 14.5 Å². The number of aromatic nitrogens is 2. The molecule has 7 heteroatoms. The average Bonchev–Trinajstić information content (AvgIpc) is 2.98. The van der Waals surface area contributed by atoms with E-state index >= 15 is 0 Å². The molecule has 0 aliphatic rings. The van der Waals surface area contributed by atoms with E-state index in [2.05, 4.69) is 15.5 Å². The van der Waals surface area contributed by atoms with Crippen LogP contribution in [0.1, 0.15) is 23.0 Å². The maximum absolute atomic E-state index is 13.8. The third-order valence-electron chi connectivity index (χ3n) is 3.74. The summed E-state index contributed by atoms with van der Waals surface area (Å²) in [5, 5.41) is 10.2. The number of hydrogen-bond donors (Lipinski definition) is 2. The molecule has 0 fully saturated rings. The first-order chi connectivity index (χ1) is 12.0. The Morgan fingerprint density at radius 1 is 1.16 bits per heavy atom. The Morgan fingerprint density at radius 3 is 2.40 bits per heavy atom. The number of amides is 1. The van der Waals surface area contributed by atoms with Crippen LogP contribution in [-0.2, 0) is 6.42 Å². The van der Waals surface area contributed by atoms with Crippen molar-refractivity contribution >= 4 is 23.2 Å². The van der Waals surface area contributed by atoms with E-state index in [4.69, 9.17) is 11.6 Å². The summed E-state index contributed by atoms with van der Waals surface area (Å²) in [5.74, 6) is -2.72. The van der Waals surface area contributed by atoms with Crippen molar-refractivity contribution < 1.29 is 13.6 Å². The molecule has 0 aliphatic heterocycles. The van der Waals surface area contributed by atoms with Gasteiger partial charge in [-0.25, -0.2) is 8.78 Å². The summed E-state index contributed by atoms with van der Waals surface area (Å²) in [6.45, 7) is 1.87. The first-order valence-corrected chi connectivity index (χ1v) is 7.97. The third kappa shape index (κ3) is 3.39. The van der Waals surface area contributed by atoms with Crippen molar-refractivity contribution in [2.24, 2.45) is 0 Å². The van der Waals surface area contributed by atoms with Crippen molar-refractivity contribution in [2.45, 2.75) is 13.3 Å². The number of anilines is 1. The van der Waals surface area contributed by atoms with E-state index in [1.165, 1.54) is 6.07 Å². The van der Waals surface area contributed by atoms with Gasteiger partial charge in [0.15, 0.2) is 0 Å². The lowest BCUT2D eigenvalue weighted by atomic mass is 10.1. The molecule has 1 aromatic heterocycles. The predicted octanol–water partition coefficient (Wildman–Crippen LogP) is 4.82. The Morgan fingerprint density at radius 2 is 1.80 bits per heavy atom. The second-order valence-electron chi connectivity index (χ2n) is 5.34. The van der Waals surface area contributed by atoms with Gasteiger partial charge < -0.3 is 5.32 Å². The van der Waals surface area contributed by atoms with Crippen LogP contribution < -0.4 is 5.32 Å². The van der Waals surface area contributed by atoms with Crippen molar-refractivity contribution in [3.05, 3.63) is 70.4 Å². The quantitative estimate of drug-likeness (QED) is 0.699. The summed E-state index contributed by atoms with van der Waals surface area (Å²) < 4.78 is 27.7. The number of nitrogens with zero attached hydrogens (tertiary/aromatic N) is 1. The summed E-state index contributed by atoms with van der Waals surface area (Å²) in [7, 11) is 0. The van der Waals surface area contributed by atoms with Crippen molar-refractivity contribution in [1.82, 2.24) is 10.2 Å². The first kappa shape index (κ1) is 17.1. The van der Waals surface area contributed by atoms with Gasteiger partial charge in [0, 0.05) is 10.6 Å². The molecule has 0 atom stereocenters. The molecule has 4 nitrogen and oxygen atoms in total. The molecular weight excluding hydrogens is 348 g/mol. The number of H-pyrrole nitrogens is 1. The summed E-state index contributed by atoms with van der Waals surface area (Å²) in [6, 6.07) is 10.2. The highest BCUT2D eigenvalue weighted by atomic mass is 35.5. The van der Waals surface area contributed by atoms with Gasteiger partial charge in [-0.05, 0) is 30.7 Å². The van der Waals surface area contributed by atoms with E-state index in [0.717, 1.165) is 12.1 Å². The van der Waals surface area contributed by atoms with Gasteiger partial charge in [0.2, 0.25) is 0 Å². The fraction of sp³-hybridized carbons (Fsp3) is 0.111. The second-order valence-corrected chi connectivity index (χ2v) is 5.77. The smallest absolute Gasteiger partial charge is 0.261 e. The van der Waals surface area contributed by atoms with Crippen LogP contribution >= 0.6 is 11.6 Å². The zero-order valence-electron chi connectivity index (χ0n) is 13.2. The van der Waals surface area contributed by atoms with Gasteiger partial charge in [0.1, 0.15) is 22.9 Å². The molecule has 0 aliphatic carbocycles. The highest BCUT2D eigenvalue weighted by molar-refractivity contribution is 6.30. The number of halogens is 3. The van der Waals surface area contributed by atoms with Crippen LogP contribution in [0.2, 0.25) is 5.02 Å². The summed E-state index contributed by atoms with van der Waals surface area (Å²) in [4.78, 5) is 12.4. The van der Waals surface area contributed by atoms with E-state index in [-0.39, 0.29) is 0 Å². The van der Waals surface area contributed by atoms with Crippen LogP contribution in [-0.4, -0.2) is 16.1 Å². The van der Waals surface area contributed by atoms with E-state index in [0.29, 0.717) is 34.1 Å². The Labute approximate surface area is 147 Å². The van der Waals surface area contributed by atoms with Crippen LogP contribution in [0.3, 0.4) is 0 Å². The Balaban J connectivity index is 2.01. The zero-order valence-corrected chi connectivity index (χ0v) is 14.0. The number of rotatable bonds is 4. The molecule has 0 saturated heterocycles. The van der Waals surface area contributed by atoms with E-state index in [1.807, 2.05) is 6.92 Å². The maximum Gasteiger partial charge on any atom is 0.261 e. The van der Waals surface area contributed by atoms with Crippen molar-refractivity contribution in [2.75, 3.05) is 5.32 Å². The molecule has 25 heavy (non-hydrogen) atoms. The SMILES string of the molecule is CCc1[nH]nc(-c2ccc(Cl)cc2)c1NC(=O)c1c(F)cccc1F. The van der Waals surface area contributed by atoms with Gasteiger partial charge >= 0.3 is 0 Å². The van der Waals surface area contributed by atoms with Gasteiger partial charge in [-0.2, -0.15) is 5.10 Å². The zero-order chi connectivity index (χ0) is 18.0. The Hall–Kier alpha value is -2.73. The Bertz CT molecular complexity index is 902. The Kier molecular flexibility index (Phi) is 4.81. The number of aryl methyl sites for hydroxylation is 1. The monoisotopic (exact) mass is 361 g/mol. The van der Waals surface area contributed by atoms with Gasteiger partial charge in [-0.15, -0.1) is 0 Å². The van der Waals surface area contributed by atoms with Gasteiger partial charge in [0.05, 0.1) is 11.4 Å². The predicted molar refractivity (Wildman–Crippen MR) is 92.7 cm³/mol. The molecule has 3 aromatic rings. The molecule has 0 unspecified atom stereocenters. The molecule has 128 valence electrons. The molecule has 3 rings (SSSR count). The highest BCUT2D eigenvalue weighted by Crippen LogP contribution is 2.30. The van der Waals surface area contributed by atoms with Crippen LogP contribution in [0, 0.1) is 11.6 Å². The summed E-state index contributed by atoms with van der Waals surface area (Å²) in [6.07, 6.45) is 0.552. The van der Waals surface area contributed by atoms with Crippen molar-refractivity contribution in [3.63, 3.8) is 0 Å². The molecule has 0 radical (unpaired) electrons. The normalized spacial score (nSPS) is 10.7. The maximum atomic E-state index is 13.8. The number of carbonyl (C=O) groups excluding carboxylic acids is 1. The first-order valence-electron chi connectivity index (χ1n) is 7.59. The molecule has 2 N–H and O–H groups in total. The number of aromatic amines is 1. The molecular formula is C18H14ClF2N3O. The summed E-state index contributed by atoms with van der Waals surface area (Å²) >= 11 is 5.89. The second kappa shape index (κ2) is 7.03. The number of hydrogen-bond acceptors (Lipinski definition) is 2. The third-order valence-corrected chi connectivity index (χ3v) is 3.99. The van der Waals surface area contributed by atoms with E-state index in [1.54, 1.807) is 24.3 Å². The largest absolute Gasteiger partial charge is 0.318 e. The number of nitrogens with one attached hydrogen (secondary N) is 2. The number of carbonyl (C=O) groups is 1. The lowest BCUT2D eigenvalue weighted by Crippen LogP contribution is -2.17. The van der Waals surface area contributed by atoms with Crippen molar-refractivity contribution in [3.8, 4) is 11.3 Å². The molecule has 1 amide bonds. The number of benzene rings is 2. The van der Waals surface area contributed by atoms with Gasteiger partial charge in [-0.1, -0.05) is 36.7 Å². The van der Waals surface area contributed by atoms with Crippen LogP contribution in [0.25, 0.3) is 11.3 Å². The minimum Gasteiger partial charge on any atom is -0.318 e. The molecule has 0 bridgehead atoms. The lowest BCUT2D eigenvalue weighted by molar-refractivity contribution is 0.101. The molecule has 0 spiro atoms. The van der Waals surface area contributed by atoms with Gasteiger partial charge in [0.25, 0.3) is 5.91 Å². The molecule has 0 saturated carbocycles. The minimum absolute atomic E-state index is 0.387. The van der Waals surface area contributed by atoms with Gasteiger partial charge in [-0.3, -0.25) is 9.89 Å². The fourth-order valence-electron chi connectivity index (χ4n) is 2.48. The molecule has 2 aromatic carbocycles. The van der Waals surface area contributed by atoms with Crippen molar-refractivity contribution in [1.29, 1.82) is 0 Å². The fourth-order valence-corrected chi connectivity index (χ4v) is 2.60.